The minimum absolute atomic E-state index is 0.00664. The highest BCUT2D eigenvalue weighted by Crippen LogP contribution is 2.36. The number of alkyl halides is 3. The second-order valence-corrected chi connectivity index (χ2v) is 7.59. The molecule has 0 fully saturated rings. The number of hydrogen-bond donors (Lipinski definition) is 2. The highest BCUT2D eigenvalue weighted by Gasteiger charge is 2.38. The summed E-state index contributed by atoms with van der Waals surface area (Å²) in [6, 6.07) is 25.1. The lowest BCUT2D eigenvalue weighted by atomic mass is 9.95. The van der Waals surface area contributed by atoms with Gasteiger partial charge in [0.25, 0.3) is 0 Å². The first-order chi connectivity index (χ1) is 15.6. The van der Waals surface area contributed by atoms with Crippen molar-refractivity contribution in [2.75, 3.05) is 0 Å². The number of carboxylic acid groups (broad SMARTS) is 1. The summed E-state index contributed by atoms with van der Waals surface area (Å²) in [4.78, 5) is 13.8. The minimum atomic E-state index is -5.08. The summed E-state index contributed by atoms with van der Waals surface area (Å²) in [5.41, 5.74) is 3.21. The fourth-order valence-corrected chi connectivity index (χ4v) is 3.56. The molecule has 33 heavy (non-hydrogen) atoms. The Morgan fingerprint density at radius 1 is 0.970 bits per heavy atom. The number of hydrogen-bond acceptors (Lipinski definition) is 3. The Balaban J connectivity index is 0.000000383. The van der Waals surface area contributed by atoms with Crippen molar-refractivity contribution in [1.82, 2.24) is 5.32 Å². The lowest BCUT2D eigenvalue weighted by Crippen LogP contribution is -2.25. The van der Waals surface area contributed by atoms with E-state index in [1.54, 1.807) is 6.07 Å². The lowest BCUT2D eigenvalue weighted by molar-refractivity contribution is -0.192. The molecule has 0 aromatic heterocycles. The molecule has 3 aromatic carbocycles. The smallest absolute Gasteiger partial charge is 0.475 e. The Bertz CT molecular complexity index is 1120. The standard InChI is InChI=1S/C22H18ClFN2.C2HF3O2/c23-19-14-18(24)12-11-17(19)13-20-25-21(15-7-3-1-4-8-15)22(26-20)16-9-5-2-6-10-16;3-2(4,5)1(6)7/h1-12,14,21-22H,13H2,(H,25,26);(H,6,7)/t21-,22+;. The number of amidine groups is 1. The Labute approximate surface area is 192 Å². The van der Waals surface area contributed by atoms with Gasteiger partial charge in [-0.05, 0) is 28.8 Å². The van der Waals surface area contributed by atoms with E-state index in [2.05, 4.69) is 29.6 Å². The molecule has 0 bridgehead atoms. The number of nitrogens with one attached hydrogen (secondary N) is 1. The van der Waals surface area contributed by atoms with Crippen LogP contribution in [0.4, 0.5) is 17.6 Å². The van der Waals surface area contributed by atoms with Crippen LogP contribution in [0.25, 0.3) is 0 Å². The first kappa shape index (κ1) is 24.3. The summed E-state index contributed by atoms with van der Waals surface area (Å²) in [5.74, 6) is -2.22. The van der Waals surface area contributed by atoms with Crippen LogP contribution in [0.5, 0.6) is 0 Å². The normalized spacial score (nSPS) is 17.4. The Morgan fingerprint density at radius 2 is 1.52 bits per heavy atom. The average Bonchev–Trinajstić information content (AvgIpc) is 3.21. The zero-order valence-corrected chi connectivity index (χ0v) is 17.8. The first-order valence-electron chi connectivity index (χ1n) is 9.82. The summed E-state index contributed by atoms with van der Waals surface area (Å²) in [5, 5.41) is 11.1. The number of benzene rings is 3. The molecule has 1 heterocycles. The maximum atomic E-state index is 13.3. The molecule has 2 N–H and O–H groups in total. The van der Waals surface area contributed by atoms with E-state index in [4.69, 9.17) is 26.5 Å². The molecule has 1 aliphatic rings. The van der Waals surface area contributed by atoms with Crippen LogP contribution in [-0.2, 0) is 11.2 Å². The van der Waals surface area contributed by atoms with E-state index in [-0.39, 0.29) is 17.9 Å². The van der Waals surface area contributed by atoms with Gasteiger partial charge in [-0.3, -0.25) is 4.99 Å². The number of halogens is 5. The molecule has 0 unspecified atom stereocenters. The molecule has 9 heteroatoms. The molecule has 1 aliphatic heterocycles. The third kappa shape index (κ3) is 6.55. The van der Waals surface area contributed by atoms with Crippen LogP contribution in [0, 0.1) is 5.82 Å². The van der Waals surface area contributed by atoms with Crippen LogP contribution in [-0.4, -0.2) is 23.1 Å². The van der Waals surface area contributed by atoms with E-state index in [0.29, 0.717) is 11.4 Å². The van der Waals surface area contributed by atoms with Gasteiger partial charge in [-0.2, -0.15) is 13.2 Å². The van der Waals surface area contributed by atoms with Crippen molar-refractivity contribution in [3.05, 3.63) is 106 Å². The molecular formula is C24H19ClF4N2O2. The van der Waals surface area contributed by atoms with Crippen molar-refractivity contribution >= 4 is 23.4 Å². The first-order valence-corrected chi connectivity index (χ1v) is 10.2. The number of aliphatic carboxylic acids is 1. The van der Waals surface area contributed by atoms with Gasteiger partial charge in [0.1, 0.15) is 17.7 Å². The van der Waals surface area contributed by atoms with Crippen LogP contribution in [0.1, 0.15) is 28.8 Å². The summed E-state index contributed by atoms with van der Waals surface area (Å²) < 4.78 is 45.0. The molecule has 2 atom stereocenters. The van der Waals surface area contributed by atoms with E-state index >= 15 is 0 Å². The Hall–Kier alpha value is -3.39. The average molecular weight is 479 g/mol. The summed E-state index contributed by atoms with van der Waals surface area (Å²) in [6.45, 7) is 0. The van der Waals surface area contributed by atoms with Gasteiger partial charge in [-0.1, -0.05) is 78.3 Å². The number of nitrogens with zero attached hydrogens (tertiary/aromatic N) is 1. The number of carboxylic acids is 1. The summed E-state index contributed by atoms with van der Waals surface area (Å²) in [6.07, 6.45) is -4.54. The SMILES string of the molecule is Fc1ccc(CC2=N[C@H](c3ccccc3)[C@H](c3ccccc3)N2)c(Cl)c1.O=C(O)C(F)(F)F. The van der Waals surface area contributed by atoms with E-state index in [1.807, 2.05) is 36.4 Å². The van der Waals surface area contributed by atoms with Gasteiger partial charge in [0.15, 0.2) is 0 Å². The molecule has 0 spiro atoms. The predicted molar refractivity (Wildman–Crippen MR) is 118 cm³/mol. The number of aliphatic imine (C=N–C) groups is 1. The quantitative estimate of drug-likeness (QED) is 0.443. The number of rotatable bonds is 4. The maximum Gasteiger partial charge on any atom is 0.490 e. The molecule has 3 aromatic rings. The lowest BCUT2D eigenvalue weighted by Gasteiger charge is -2.19. The summed E-state index contributed by atoms with van der Waals surface area (Å²) >= 11 is 6.19. The largest absolute Gasteiger partial charge is 0.490 e. The van der Waals surface area contributed by atoms with Crippen molar-refractivity contribution in [2.45, 2.75) is 24.7 Å². The van der Waals surface area contributed by atoms with Crippen molar-refractivity contribution < 1.29 is 27.5 Å². The van der Waals surface area contributed by atoms with E-state index in [0.717, 1.165) is 17.0 Å². The molecule has 0 saturated heterocycles. The van der Waals surface area contributed by atoms with E-state index < -0.39 is 12.1 Å². The van der Waals surface area contributed by atoms with Gasteiger partial charge in [0.05, 0.1) is 6.04 Å². The van der Waals surface area contributed by atoms with Crippen LogP contribution >= 0.6 is 11.6 Å². The molecular weight excluding hydrogens is 460 g/mol. The Kier molecular flexibility index (Phi) is 7.71. The zero-order chi connectivity index (χ0) is 24.0. The predicted octanol–water partition coefficient (Wildman–Crippen LogP) is 6.14. The van der Waals surface area contributed by atoms with Crippen molar-refractivity contribution in [2.24, 2.45) is 4.99 Å². The van der Waals surface area contributed by atoms with E-state index in [1.165, 1.54) is 17.7 Å². The van der Waals surface area contributed by atoms with Crippen LogP contribution < -0.4 is 5.32 Å². The molecule has 4 rings (SSSR count). The van der Waals surface area contributed by atoms with Gasteiger partial charge < -0.3 is 10.4 Å². The van der Waals surface area contributed by atoms with E-state index in [9.17, 15) is 17.6 Å². The highest BCUT2D eigenvalue weighted by atomic mass is 35.5. The van der Waals surface area contributed by atoms with Gasteiger partial charge >= 0.3 is 12.1 Å². The van der Waals surface area contributed by atoms with Crippen LogP contribution in [0.2, 0.25) is 5.02 Å². The Morgan fingerprint density at radius 3 is 2.03 bits per heavy atom. The van der Waals surface area contributed by atoms with Crippen molar-refractivity contribution in [3.63, 3.8) is 0 Å². The fourth-order valence-electron chi connectivity index (χ4n) is 3.32. The molecule has 0 amide bonds. The van der Waals surface area contributed by atoms with Crippen LogP contribution in [0.15, 0.2) is 83.9 Å². The minimum Gasteiger partial charge on any atom is -0.475 e. The van der Waals surface area contributed by atoms with Crippen LogP contribution in [0.3, 0.4) is 0 Å². The van der Waals surface area contributed by atoms with Gasteiger partial charge in [-0.15, -0.1) is 0 Å². The van der Waals surface area contributed by atoms with Crippen molar-refractivity contribution in [3.8, 4) is 0 Å². The van der Waals surface area contributed by atoms with Gasteiger partial charge in [0, 0.05) is 11.4 Å². The maximum absolute atomic E-state index is 13.3. The highest BCUT2D eigenvalue weighted by molar-refractivity contribution is 6.31. The number of carbonyl (C=O) groups is 1. The second-order valence-electron chi connectivity index (χ2n) is 7.18. The molecule has 4 nitrogen and oxygen atoms in total. The third-order valence-electron chi connectivity index (χ3n) is 4.85. The molecule has 0 radical (unpaired) electrons. The summed E-state index contributed by atoms with van der Waals surface area (Å²) in [7, 11) is 0. The molecule has 0 saturated carbocycles. The topological polar surface area (TPSA) is 61.7 Å². The second kappa shape index (κ2) is 10.5. The monoisotopic (exact) mass is 478 g/mol. The third-order valence-corrected chi connectivity index (χ3v) is 5.20. The van der Waals surface area contributed by atoms with Gasteiger partial charge in [0.2, 0.25) is 0 Å². The van der Waals surface area contributed by atoms with Gasteiger partial charge in [-0.25, -0.2) is 9.18 Å². The molecule has 172 valence electrons. The molecule has 0 aliphatic carbocycles. The fraction of sp³-hybridized carbons (Fsp3) is 0.167. The zero-order valence-electron chi connectivity index (χ0n) is 17.1. The van der Waals surface area contributed by atoms with Crippen molar-refractivity contribution in [1.29, 1.82) is 0 Å².